The van der Waals surface area contributed by atoms with Crippen LogP contribution in [0.25, 0.3) is 0 Å². The second kappa shape index (κ2) is 4.97. The van der Waals surface area contributed by atoms with Gasteiger partial charge < -0.3 is 4.74 Å². The minimum Gasteiger partial charge on any atom is -0.373 e. The number of ether oxygens (including phenoxy) is 1. The molecule has 1 aromatic rings. The van der Waals surface area contributed by atoms with E-state index in [-0.39, 0.29) is 0 Å². The molecule has 0 unspecified atom stereocenters. The van der Waals surface area contributed by atoms with Crippen molar-refractivity contribution < 1.29 is 4.74 Å². The highest BCUT2D eigenvalue weighted by Gasteiger charge is 2.09. The zero-order valence-corrected chi connectivity index (χ0v) is 8.36. The van der Waals surface area contributed by atoms with Crippen LogP contribution >= 0.6 is 0 Å². The molecular weight excluding hydrogens is 172 g/mol. The Hall–Kier alpha value is -1.08. The van der Waals surface area contributed by atoms with Crippen molar-refractivity contribution in [3.63, 3.8) is 0 Å². The molecule has 0 radical (unpaired) electrons. The maximum Gasteiger partial charge on any atom is 0.0720 e. The van der Waals surface area contributed by atoms with Crippen LogP contribution in [-0.2, 0) is 11.3 Å². The molecule has 1 nitrogen and oxygen atoms in total. The van der Waals surface area contributed by atoms with E-state index >= 15 is 0 Å². The molecular formula is C13H16O. The number of benzene rings is 1. The van der Waals surface area contributed by atoms with Crippen LogP contribution in [0.3, 0.4) is 0 Å². The van der Waals surface area contributed by atoms with Gasteiger partial charge in [0, 0.05) is 0 Å². The zero-order valence-electron chi connectivity index (χ0n) is 8.36. The molecule has 0 N–H and O–H groups in total. The summed E-state index contributed by atoms with van der Waals surface area (Å²) in [6.45, 7) is 0.749. The van der Waals surface area contributed by atoms with Crippen molar-refractivity contribution in [2.24, 2.45) is 0 Å². The maximum absolute atomic E-state index is 5.82. The predicted octanol–water partition coefficient (Wildman–Crippen LogP) is 3.31. The molecule has 0 aromatic heterocycles. The Kier molecular flexibility index (Phi) is 3.36. The first kappa shape index (κ1) is 9.47. The van der Waals surface area contributed by atoms with E-state index in [0.717, 1.165) is 13.0 Å². The third-order valence-corrected chi connectivity index (χ3v) is 2.55. The smallest absolute Gasteiger partial charge is 0.0720 e. The first-order valence-electron chi connectivity index (χ1n) is 5.25. The molecule has 0 spiro atoms. The van der Waals surface area contributed by atoms with Crippen molar-refractivity contribution >= 4 is 0 Å². The molecule has 0 heterocycles. The fraction of sp³-hybridized carbons (Fsp3) is 0.385. The summed E-state index contributed by atoms with van der Waals surface area (Å²) in [5, 5.41) is 0. The van der Waals surface area contributed by atoms with Crippen LogP contribution in [0.2, 0.25) is 0 Å². The molecule has 1 heteroatoms. The van der Waals surface area contributed by atoms with E-state index < -0.39 is 0 Å². The standard InChI is InChI=1S/C13H16O/c1-3-7-12(8-4-1)11-14-13-9-5-2-6-10-13/h1-5,7-8,13H,6,9-11H2/t13-/m1/s1. The summed E-state index contributed by atoms with van der Waals surface area (Å²) in [6.07, 6.45) is 8.30. The van der Waals surface area contributed by atoms with E-state index in [9.17, 15) is 0 Å². The van der Waals surface area contributed by atoms with Gasteiger partial charge in [0.25, 0.3) is 0 Å². The molecule has 0 amide bonds. The summed E-state index contributed by atoms with van der Waals surface area (Å²) < 4.78 is 5.82. The van der Waals surface area contributed by atoms with Gasteiger partial charge in [-0.3, -0.25) is 0 Å². The van der Waals surface area contributed by atoms with Gasteiger partial charge in [-0.1, -0.05) is 42.5 Å². The van der Waals surface area contributed by atoms with Crippen LogP contribution in [0.5, 0.6) is 0 Å². The predicted molar refractivity (Wildman–Crippen MR) is 58.0 cm³/mol. The van der Waals surface area contributed by atoms with Crippen molar-refractivity contribution in [2.75, 3.05) is 0 Å². The third-order valence-electron chi connectivity index (χ3n) is 2.55. The lowest BCUT2D eigenvalue weighted by Crippen LogP contribution is -2.13. The number of hydrogen-bond donors (Lipinski definition) is 0. The molecule has 1 atom stereocenters. The average molecular weight is 188 g/mol. The highest BCUT2D eigenvalue weighted by Crippen LogP contribution is 2.15. The summed E-state index contributed by atoms with van der Waals surface area (Å²) in [5.41, 5.74) is 1.27. The average Bonchev–Trinajstić information content (AvgIpc) is 2.29. The Labute approximate surface area is 85.4 Å². The van der Waals surface area contributed by atoms with Gasteiger partial charge in [0.05, 0.1) is 12.7 Å². The molecule has 74 valence electrons. The lowest BCUT2D eigenvalue weighted by molar-refractivity contribution is 0.0352. The first-order chi connectivity index (χ1) is 6.95. The van der Waals surface area contributed by atoms with E-state index in [1.165, 1.54) is 18.4 Å². The van der Waals surface area contributed by atoms with Crippen LogP contribution < -0.4 is 0 Å². The lowest BCUT2D eigenvalue weighted by atomic mass is 10.0. The molecule has 0 bridgehead atoms. The van der Waals surface area contributed by atoms with E-state index in [2.05, 4.69) is 36.4 Å². The van der Waals surface area contributed by atoms with E-state index in [1.807, 2.05) is 6.07 Å². The van der Waals surface area contributed by atoms with Gasteiger partial charge in [0.2, 0.25) is 0 Å². The van der Waals surface area contributed by atoms with Gasteiger partial charge in [-0.25, -0.2) is 0 Å². The SMILES string of the molecule is C1=CC[C@@H](OCc2ccccc2)CC1. The third kappa shape index (κ3) is 2.71. The molecule has 14 heavy (non-hydrogen) atoms. The Balaban J connectivity index is 1.80. The first-order valence-corrected chi connectivity index (χ1v) is 5.25. The van der Waals surface area contributed by atoms with Gasteiger partial charge >= 0.3 is 0 Å². The number of rotatable bonds is 3. The van der Waals surface area contributed by atoms with Crippen LogP contribution in [0, 0.1) is 0 Å². The molecule has 1 aliphatic carbocycles. The minimum atomic E-state index is 0.431. The van der Waals surface area contributed by atoms with Crippen LogP contribution in [0.1, 0.15) is 24.8 Å². The van der Waals surface area contributed by atoms with Crippen molar-refractivity contribution in [1.82, 2.24) is 0 Å². The van der Waals surface area contributed by atoms with Crippen molar-refractivity contribution in [1.29, 1.82) is 0 Å². The Morgan fingerprint density at radius 3 is 2.71 bits per heavy atom. The van der Waals surface area contributed by atoms with Crippen molar-refractivity contribution in [3.8, 4) is 0 Å². The van der Waals surface area contributed by atoms with Gasteiger partial charge in [-0.05, 0) is 24.8 Å². The summed E-state index contributed by atoms with van der Waals surface area (Å²) in [7, 11) is 0. The molecule has 1 aliphatic rings. The fourth-order valence-electron chi connectivity index (χ4n) is 1.71. The Bertz CT molecular complexity index is 289. The monoisotopic (exact) mass is 188 g/mol. The van der Waals surface area contributed by atoms with Crippen molar-refractivity contribution in [3.05, 3.63) is 48.0 Å². The largest absolute Gasteiger partial charge is 0.373 e. The minimum absolute atomic E-state index is 0.431. The molecule has 0 saturated carbocycles. The van der Waals surface area contributed by atoms with Crippen LogP contribution in [-0.4, -0.2) is 6.10 Å². The van der Waals surface area contributed by atoms with Gasteiger partial charge in [0.1, 0.15) is 0 Å². The molecule has 2 rings (SSSR count). The molecule has 0 saturated heterocycles. The normalized spacial score (nSPS) is 21.0. The number of allylic oxidation sites excluding steroid dienone is 1. The van der Waals surface area contributed by atoms with Gasteiger partial charge in [-0.2, -0.15) is 0 Å². The Morgan fingerprint density at radius 1 is 1.14 bits per heavy atom. The molecule has 1 aromatic carbocycles. The van der Waals surface area contributed by atoms with E-state index in [4.69, 9.17) is 4.74 Å². The fourth-order valence-corrected chi connectivity index (χ4v) is 1.71. The van der Waals surface area contributed by atoms with Crippen LogP contribution in [0.4, 0.5) is 0 Å². The lowest BCUT2D eigenvalue weighted by Gasteiger charge is -2.18. The Morgan fingerprint density at radius 2 is 2.00 bits per heavy atom. The van der Waals surface area contributed by atoms with Crippen molar-refractivity contribution in [2.45, 2.75) is 32.0 Å². The summed E-state index contributed by atoms with van der Waals surface area (Å²) in [5.74, 6) is 0. The molecule has 0 aliphatic heterocycles. The van der Waals surface area contributed by atoms with Gasteiger partial charge in [-0.15, -0.1) is 0 Å². The number of hydrogen-bond acceptors (Lipinski definition) is 1. The second-order valence-corrected chi connectivity index (χ2v) is 3.70. The molecule has 0 fully saturated rings. The van der Waals surface area contributed by atoms with Gasteiger partial charge in [0.15, 0.2) is 0 Å². The second-order valence-electron chi connectivity index (χ2n) is 3.70. The summed E-state index contributed by atoms with van der Waals surface area (Å²) in [6, 6.07) is 10.4. The van der Waals surface area contributed by atoms with E-state index in [0.29, 0.717) is 6.10 Å². The highest BCUT2D eigenvalue weighted by atomic mass is 16.5. The zero-order chi connectivity index (χ0) is 9.64. The summed E-state index contributed by atoms with van der Waals surface area (Å²) in [4.78, 5) is 0. The quantitative estimate of drug-likeness (QED) is 0.661. The van der Waals surface area contributed by atoms with E-state index in [1.54, 1.807) is 0 Å². The highest BCUT2D eigenvalue weighted by molar-refractivity contribution is 5.13. The van der Waals surface area contributed by atoms with Crippen LogP contribution in [0.15, 0.2) is 42.5 Å². The summed E-state index contributed by atoms with van der Waals surface area (Å²) >= 11 is 0. The maximum atomic E-state index is 5.82. The topological polar surface area (TPSA) is 9.23 Å².